The van der Waals surface area contributed by atoms with Crippen molar-refractivity contribution >= 4 is 37.9 Å². The van der Waals surface area contributed by atoms with Crippen LogP contribution >= 0.6 is 15.9 Å². The summed E-state index contributed by atoms with van der Waals surface area (Å²) < 4.78 is 33.0. The fourth-order valence-electron chi connectivity index (χ4n) is 3.73. The molecule has 2 aliphatic rings. The van der Waals surface area contributed by atoms with Crippen LogP contribution in [0, 0.1) is 0 Å². The summed E-state index contributed by atoms with van der Waals surface area (Å²) in [6, 6.07) is 13.9. The third-order valence-electron chi connectivity index (χ3n) is 5.49. The van der Waals surface area contributed by atoms with Crippen molar-refractivity contribution in [2.75, 3.05) is 7.05 Å². The van der Waals surface area contributed by atoms with Gasteiger partial charge in [-0.25, -0.2) is 4.99 Å². The van der Waals surface area contributed by atoms with Crippen LogP contribution in [0.2, 0.25) is 0 Å². The Kier molecular flexibility index (Phi) is 4.18. The van der Waals surface area contributed by atoms with Gasteiger partial charge in [-0.2, -0.15) is 8.42 Å². The second-order valence-electron chi connectivity index (χ2n) is 7.11. The lowest BCUT2D eigenvalue weighted by Gasteiger charge is -2.27. The smallest absolute Gasteiger partial charge is 0.274 e. The number of nitrogens with zero attached hydrogens (tertiary/aromatic N) is 2. The molecule has 146 valence electrons. The zero-order valence-electron chi connectivity index (χ0n) is 15.0. The molecule has 0 radical (unpaired) electrons. The van der Waals surface area contributed by atoms with Crippen LogP contribution in [0.3, 0.4) is 0 Å². The molecular formula is C19H18BrN3O4S. The molecule has 7 nitrogen and oxygen atoms in total. The van der Waals surface area contributed by atoms with E-state index < -0.39 is 20.4 Å². The van der Waals surface area contributed by atoms with Crippen LogP contribution in [0.25, 0.3) is 0 Å². The summed E-state index contributed by atoms with van der Waals surface area (Å²) in [4.78, 5) is 19.1. The van der Waals surface area contributed by atoms with E-state index in [4.69, 9.17) is 5.73 Å². The highest BCUT2D eigenvalue weighted by Gasteiger charge is 2.56. The summed E-state index contributed by atoms with van der Waals surface area (Å²) in [5.74, 6) is -0.261. The van der Waals surface area contributed by atoms with Crippen molar-refractivity contribution in [2.45, 2.75) is 23.1 Å². The number of nitrogens with two attached hydrogens (primary N) is 1. The molecule has 9 heteroatoms. The van der Waals surface area contributed by atoms with E-state index in [0.717, 1.165) is 4.47 Å². The fourth-order valence-corrected chi connectivity index (χ4v) is 5.18. The quantitative estimate of drug-likeness (QED) is 0.675. The maximum absolute atomic E-state index is 13.3. The summed E-state index contributed by atoms with van der Waals surface area (Å²) >= 11 is 3.42. The normalized spacial score (nSPS) is 23.6. The van der Waals surface area contributed by atoms with Crippen molar-refractivity contribution in [3.63, 3.8) is 0 Å². The Bertz CT molecular complexity index is 1130. The summed E-state index contributed by atoms with van der Waals surface area (Å²) in [6.45, 7) is 0. The van der Waals surface area contributed by atoms with Gasteiger partial charge in [0.05, 0.1) is 0 Å². The van der Waals surface area contributed by atoms with Crippen LogP contribution in [0.4, 0.5) is 0 Å². The van der Waals surface area contributed by atoms with Gasteiger partial charge in [-0.15, -0.1) is 0 Å². The SMILES string of the molecule is CN1C(=O)C(c2cccc(Br)c2)(c2cccc(C3(S(=O)(=O)O)CC3)c2)N=C1N. The second-order valence-corrected chi connectivity index (χ2v) is 9.75. The lowest BCUT2D eigenvalue weighted by atomic mass is 9.82. The molecule has 4 rings (SSSR count). The number of halogens is 1. The molecule has 0 bridgehead atoms. The van der Waals surface area contributed by atoms with Crippen molar-refractivity contribution in [2.24, 2.45) is 10.7 Å². The number of hydrogen-bond donors (Lipinski definition) is 2. The predicted octanol–water partition coefficient (Wildman–Crippen LogP) is 2.36. The third kappa shape index (κ3) is 2.61. The Balaban J connectivity index is 1.96. The third-order valence-corrected chi connectivity index (χ3v) is 7.61. The maximum Gasteiger partial charge on any atom is 0.274 e. The van der Waals surface area contributed by atoms with E-state index in [9.17, 15) is 17.8 Å². The van der Waals surface area contributed by atoms with Crippen molar-refractivity contribution in [3.05, 3.63) is 69.7 Å². The van der Waals surface area contributed by atoms with E-state index in [2.05, 4.69) is 20.9 Å². The molecule has 1 atom stereocenters. The van der Waals surface area contributed by atoms with Crippen LogP contribution in [0.1, 0.15) is 29.5 Å². The zero-order chi connectivity index (χ0) is 20.3. The van der Waals surface area contributed by atoms with Crippen LogP contribution in [0.5, 0.6) is 0 Å². The average molecular weight is 464 g/mol. The summed E-state index contributed by atoms with van der Waals surface area (Å²) in [6.07, 6.45) is 0.664. The Morgan fingerprint density at radius 3 is 2.18 bits per heavy atom. The highest BCUT2D eigenvalue weighted by molar-refractivity contribution is 9.10. The van der Waals surface area contributed by atoms with Gasteiger partial charge in [0.25, 0.3) is 16.0 Å². The van der Waals surface area contributed by atoms with Gasteiger partial charge in [0.15, 0.2) is 11.5 Å². The molecule has 2 aromatic rings. The average Bonchev–Trinajstić information content (AvgIpc) is 3.43. The second kappa shape index (κ2) is 6.13. The zero-order valence-corrected chi connectivity index (χ0v) is 17.4. The molecule has 1 aliphatic heterocycles. The van der Waals surface area contributed by atoms with Crippen molar-refractivity contribution in [1.82, 2.24) is 4.90 Å². The molecule has 3 N–H and O–H groups in total. The van der Waals surface area contributed by atoms with Gasteiger partial charge in [-0.1, -0.05) is 52.3 Å². The number of guanidine groups is 1. The number of carbonyl (C=O) groups excluding carboxylic acids is 1. The molecule has 1 heterocycles. The molecule has 0 aromatic heterocycles. The molecule has 1 amide bonds. The van der Waals surface area contributed by atoms with E-state index in [1.54, 1.807) is 49.5 Å². The topological polar surface area (TPSA) is 113 Å². The molecule has 28 heavy (non-hydrogen) atoms. The number of aliphatic imine (C=N–C) groups is 1. The first-order valence-electron chi connectivity index (χ1n) is 8.59. The maximum atomic E-state index is 13.3. The van der Waals surface area contributed by atoms with Gasteiger partial charge in [0, 0.05) is 11.5 Å². The van der Waals surface area contributed by atoms with E-state index in [1.165, 1.54) is 4.90 Å². The largest absolute Gasteiger partial charge is 0.369 e. The minimum atomic E-state index is -4.27. The highest BCUT2D eigenvalue weighted by Crippen LogP contribution is 2.53. The number of rotatable bonds is 4. The van der Waals surface area contributed by atoms with Crippen LogP contribution in [-0.4, -0.2) is 36.8 Å². The number of hydrogen-bond acceptors (Lipinski definition) is 5. The van der Waals surface area contributed by atoms with Gasteiger partial charge < -0.3 is 5.73 Å². The van der Waals surface area contributed by atoms with Gasteiger partial charge >= 0.3 is 0 Å². The van der Waals surface area contributed by atoms with Crippen molar-refractivity contribution in [3.8, 4) is 0 Å². The lowest BCUT2D eigenvalue weighted by molar-refractivity contribution is -0.129. The number of carbonyl (C=O) groups is 1. The molecule has 1 aliphatic carbocycles. The van der Waals surface area contributed by atoms with E-state index in [1.807, 2.05) is 6.07 Å². The Hall–Kier alpha value is -2.23. The molecule has 1 saturated carbocycles. The van der Waals surface area contributed by atoms with E-state index in [0.29, 0.717) is 29.5 Å². The lowest BCUT2D eigenvalue weighted by Crippen LogP contribution is -2.41. The predicted molar refractivity (Wildman–Crippen MR) is 108 cm³/mol. The molecule has 0 saturated heterocycles. The Labute approximate surface area is 171 Å². The van der Waals surface area contributed by atoms with Gasteiger partial charge in [0.1, 0.15) is 4.75 Å². The molecule has 2 aromatic carbocycles. The first-order chi connectivity index (χ1) is 13.1. The summed E-state index contributed by atoms with van der Waals surface area (Å²) in [5.41, 5.74) is 6.09. The highest BCUT2D eigenvalue weighted by atomic mass is 79.9. The Morgan fingerprint density at radius 2 is 1.68 bits per heavy atom. The number of likely N-dealkylation sites (N-methyl/N-ethyl adjacent to an activating group) is 1. The monoisotopic (exact) mass is 463 g/mol. The minimum Gasteiger partial charge on any atom is -0.369 e. The summed E-state index contributed by atoms with van der Waals surface area (Å²) in [5, 5.41) is 0. The number of benzene rings is 2. The molecule has 0 spiro atoms. The van der Waals surface area contributed by atoms with Gasteiger partial charge in [-0.05, 0) is 41.7 Å². The summed E-state index contributed by atoms with van der Waals surface area (Å²) in [7, 11) is -2.73. The van der Waals surface area contributed by atoms with Crippen molar-refractivity contribution in [1.29, 1.82) is 0 Å². The van der Waals surface area contributed by atoms with Gasteiger partial charge in [-0.3, -0.25) is 14.2 Å². The minimum absolute atomic E-state index is 0.0753. The Morgan fingerprint density at radius 1 is 1.11 bits per heavy atom. The number of amides is 1. The van der Waals surface area contributed by atoms with Crippen LogP contribution in [-0.2, 0) is 25.2 Å². The van der Waals surface area contributed by atoms with Crippen LogP contribution in [0.15, 0.2) is 58.0 Å². The first kappa shape index (κ1) is 19.1. The van der Waals surface area contributed by atoms with Crippen LogP contribution < -0.4 is 5.73 Å². The fraction of sp³-hybridized carbons (Fsp3) is 0.263. The molecule has 1 fully saturated rings. The first-order valence-corrected chi connectivity index (χ1v) is 10.8. The molecular weight excluding hydrogens is 446 g/mol. The van der Waals surface area contributed by atoms with E-state index in [-0.39, 0.29) is 11.9 Å². The van der Waals surface area contributed by atoms with Crippen molar-refractivity contribution < 1.29 is 17.8 Å². The molecule has 1 unspecified atom stereocenters. The van der Waals surface area contributed by atoms with Gasteiger partial charge in [0.2, 0.25) is 0 Å². The standard InChI is InChI=1S/C19H18BrN3O4S/c1-23-16(24)19(22-17(23)21,14-6-3-7-15(20)11-14)13-5-2-4-12(10-13)18(8-9-18)28(25,26)27/h2-7,10-11H,8-9H2,1H3,(H2,21,22)(H,25,26,27). The van der Waals surface area contributed by atoms with E-state index >= 15 is 0 Å².